The van der Waals surface area contributed by atoms with E-state index in [4.69, 9.17) is 9.07 Å². The van der Waals surface area contributed by atoms with Crippen molar-refractivity contribution in [1.82, 2.24) is 0 Å². The molecule has 0 saturated carbocycles. The normalized spacial score (nSPS) is 13.0. The average molecular weight is 445 g/mol. The largest absolute Gasteiger partial charge is 0.455 e. The first kappa shape index (κ1) is 21.2. The summed E-state index contributed by atoms with van der Waals surface area (Å²) in [5, 5.41) is 19.7. The van der Waals surface area contributed by atoms with Crippen molar-refractivity contribution in [1.29, 1.82) is 0 Å². The molecule has 1 N–H and O–H groups in total. The van der Waals surface area contributed by atoms with Crippen molar-refractivity contribution in [2.45, 2.75) is 38.9 Å². The average Bonchev–Trinajstić information content (AvgIpc) is 3.21. The summed E-state index contributed by atoms with van der Waals surface area (Å²) in [7, 11) is 1.75. The zero-order valence-corrected chi connectivity index (χ0v) is 19.8. The third-order valence-electron chi connectivity index (χ3n) is 7.33. The van der Waals surface area contributed by atoms with Gasteiger partial charge in [0.15, 0.2) is 0 Å². The fraction of sp³-hybridized carbons (Fsp3) is 0.200. The van der Waals surface area contributed by atoms with Crippen LogP contribution < -0.4 is 5.46 Å². The molecule has 0 unspecified atom stereocenters. The van der Waals surface area contributed by atoms with Crippen LogP contribution in [-0.2, 0) is 4.65 Å². The number of fused-ring (bicyclic) bond motifs is 10. The molecule has 0 bridgehead atoms. The molecule has 4 heteroatoms. The number of hydrogen-bond donors (Lipinski definition) is 1. The summed E-state index contributed by atoms with van der Waals surface area (Å²) in [5.74, 6) is 0. The van der Waals surface area contributed by atoms with E-state index in [1.165, 1.54) is 16.2 Å². The molecule has 0 fully saturated rings. The lowest BCUT2D eigenvalue weighted by Crippen LogP contribution is -2.49. The molecule has 0 aliphatic carbocycles. The maximum atomic E-state index is 10.5. The molecule has 0 aliphatic rings. The second kappa shape index (κ2) is 7.33. The van der Waals surface area contributed by atoms with Gasteiger partial charge in [0.25, 0.3) is 0 Å². The van der Waals surface area contributed by atoms with Crippen molar-refractivity contribution in [2.75, 3.05) is 0 Å². The minimum Gasteiger partial charge on any atom is -0.455 e. The molecule has 167 valence electrons. The second-order valence-electron chi connectivity index (χ2n) is 10.1. The summed E-state index contributed by atoms with van der Waals surface area (Å²) < 4.78 is 12.5. The number of hydrogen-bond acceptors (Lipinski definition) is 3. The molecular formula is C30H26BO3. The first-order valence-electron chi connectivity index (χ1n) is 11.7. The van der Waals surface area contributed by atoms with Crippen LogP contribution in [0.4, 0.5) is 0 Å². The Hall–Kier alpha value is -3.34. The Morgan fingerprint density at radius 2 is 1.26 bits per heavy atom. The molecular weight excluding hydrogens is 419 g/mol. The fourth-order valence-corrected chi connectivity index (χ4v) is 4.67. The molecule has 0 spiro atoms. The van der Waals surface area contributed by atoms with Crippen LogP contribution in [0.15, 0.2) is 83.3 Å². The lowest BCUT2D eigenvalue weighted by molar-refractivity contribution is -0.0893. The van der Waals surface area contributed by atoms with Gasteiger partial charge in [0.05, 0.1) is 11.2 Å². The van der Waals surface area contributed by atoms with Crippen molar-refractivity contribution in [3.63, 3.8) is 0 Å². The molecule has 1 heterocycles. The molecule has 0 aliphatic heterocycles. The van der Waals surface area contributed by atoms with E-state index in [1.54, 1.807) is 21.3 Å². The van der Waals surface area contributed by atoms with Crippen LogP contribution in [-0.4, -0.2) is 23.8 Å². The van der Waals surface area contributed by atoms with Gasteiger partial charge in [-0.2, -0.15) is 0 Å². The Morgan fingerprint density at radius 1 is 0.676 bits per heavy atom. The summed E-state index contributed by atoms with van der Waals surface area (Å²) in [6.45, 7) is 7.32. The van der Waals surface area contributed by atoms with Gasteiger partial charge < -0.3 is 14.2 Å². The van der Waals surface area contributed by atoms with Crippen LogP contribution in [0.3, 0.4) is 0 Å². The molecule has 0 amide bonds. The van der Waals surface area contributed by atoms with E-state index in [2.05, 4.69) is 66.7 Å². The summed E-state index contributed by atoms with van der Waals surface area (Å²) in [5.41, 5.74) is 1.07. The number of benzene rings is 5. The van der Waals surface area contributed by atoms with E-state index >= 15 is 0 Å². The molecule has 1 radical (unpaired) electrons. The summed E-state index contributed by atoms with van der Waals surface area (Å²) in [6.07, 6.45) is 0. The van der Waals surface area contributed by atoms with E-state index in [9.17, 15) is 5.11 Å². The molecule has 6 rings (SSSR count). The predicted octanol–water partition coefficient (Wildman–Crippen LogP) is 6.86. The van der Waals surface area contributed by atoms with Crippen molar-refractivity contribution in [3.8, 4) is 0 Å². The molecule has 34 heavy (non-hydrogen) atoms. The number of rotatable bonds is 4. The van der Waals surface area contributed by atoms with Gasteiger partial charge in [-0.25, -0.2) is 0 Å². The van der Waals surface area contributed by atoms with Gasteiger partial charge in [0.1, 0.15) is 11.2 Å². The van der Waals surface area contributed by atoms with Crippen LogP contribution in [0, 0.1) is 0 Å². The molecule has 6 aromatic rings. The van der Waals surface area contributed by atoms with Crippen LogP contribution in [0.1, 0.15) is 27.7 Å². The van der Waals surface area contributed by atoms with Crippen molar-refractivity contribution >= 4 is 67.2 Å². The lowest BCUT2D eigenvalue weighted by Gasteiger charge is -2.37. The lowest BCUT2D eigenvalue weighted by atomic mass is 9.81. The first-order valence-corrected chi connectivity index (χ1v) is 11.7. The maximum Gasteiger partial charge on any atom is 0.330 e. The van der Waals surface area contributed by atoms with Gasteiger partial charge in [-0.15, -0.1) is 0 Å². The molecule has 0 saturated heterocycles. The summed E-state index contributed by atoms with van der Waals surface area (Å²) in [6, 6.07) is 27.5. The highest BCUT2D eigenvalue weighted by atomic mass is 16.5. The molecule has 5 aromatic carbocycles. The van der Waals surface area contributed by atoms with Gasteiger partial charge in [0, 0.05) is 16.2 Å². The third-order valence-corrected chi connectivity index (χ3v) is 7.33. The first-order chi connectivity index (χ1) is 16.2. The Morgan fingerprint density at radius 3 is 2.00 bits per heavy atom. The molecule has 3 nitrogen and oxygen atoms in total. The van der Waals surface area contributed by atoms with E-state index in [0.717, 1.165) is 43.6 Å². The quantitative estimate of drug-likeness (QED) is 0.238. The third kappa shape index (κ3) is 3.13. The van der Waals surface area contributed by atoms with Gasteiger partial charge in [-0.3, -0.25) is 0 Å². The fourth-order valence-electron chi connectivity index (χ4n) is 4.67. The van der Waals surface area contributed by atoms with Gasteiger partial charge in [0.2, 0.25) is 0 Å². The van der Waals surface area contributed by atoms with Gasteiger partial charge >= 0.3 is 7.48 Å². The van der Waals surface area contributed by atoms with E-state index in [0.29, 0.717) is 0 Å². The highest BCUT2D eigenvalue weighted by Crippen LogP contribution is 2.41. The smallest absolute Gasteiger partial charge is 0.330 e. The highest BCUT2D eigenvalue weighted by Gasteiger charge is 2.35. The van der Waals surface area contributed by atoms with Crippen LogP contribution in [0.25, 0.3) is 54.3 Å². The van der Waals surface area contributed by atoms with Gasteiger partial charge in [-0.1, -0.05) is 72.2 Å². The Balaban J connectivity index is 1.63. The van der Waals surface area contributed by atoms with Crippen molar-refractivity contribution in [2.24, 2.45) is 0 Å². The number of para-hydroxylation sites is 1. The van der Waals surface area contributed by atoms with Crippen LogP contribution >= 0.6 is 0 Å². The number of aliphatic hydroxyl groups is 1. The van der Waals surface area contributed by atoms with E-state index < -0.39 is 11.2 Å². The summed E-state index contributed by atoms with van der Waals surface area (Å²) in [4.78, 5) is 0. The highest BCUT2D eigenvalue weighted by molar-refractivity contribution is 6.48. The second-order valence-corrected chi connectivity index (χ2v) is 10.1. The minimum atomic E-state index is -0.976. The van der Waals surface area contributed by atoms with E-state index in [-0.39, 0.29) is 0 Å². The zero-order valence-electron chi connectivity index (χ0n) is 19.8. The zero-order chi connectivity index (χ0) is 23.7. The summed E-state index contributed by atoms with van der Waals surface area (Å²) >= 11 is 0. The van der Waals surface area contributed by atoms with Crippen LogP contribution in [0.2, 0.25) is 0 Å². The van der Waals surface area contributed by atoms with Crippen molar-refractivity contribution < 1.29 is 14.2 Å². The minimum absolute atomic E-state index is 0.728. The van der Waals surface area contributed by atoms with Crippen LogP contribution in [0.5, 0.6) is 0 Å². The Labute approximate surface area is 199 Å². The monoisotopic (exact) mass is 445 g/mol. The van der Waals surface area contributed by atoms with Crippen molar-refractivity contribution in [3.05, 3.63) is 78.9 Å². The molecule has 0 atom stereocenters. The standard InChI is InChI=1S/C30H26BO3/c1-29(2,32)30(3,4)34-31-18-13-14-23-25(17-18)20-10-6-5-9-19(20)22-15-16-24-21-11-7-8-12-26(21)33-28(24)27(22)23/h5-17,32H,1-4H3. The van der Waals surface area contributed by atoms with Gasteiger partial charge in [-0.05, 0) is 66.8 Å². The predicted molar refractivity (Wildman–Crippen MR) is 143 cm³/mol. The van der Waals surface area contributed by atoms with E-state index in [1.807, 2.05) is 26.0 Å². The Kier molecular flexibility index (Phi) is 4.57. The SMILES string of the molecule is CC(C)(O)C(C)(C)O[B]c1ccc2c(c1)c1ccccc1c1ccc3c4ccccc4oc3c12. The Bertz CT molecular complexity index is 1720. The maximum absolute atomic E-state index is 10.5. The number of furan rings is 1. The molecule has 1 aromatic heterocycles. The topological polar surface area (TPSA) is 42.6 Å².